The van der Waals surface area contributed by atoms with Crippen molar-refractivity contribution in [3.63, 3.8) is 0 Å². The van der Waals surface area contributed by atoms with Gasteiger partial charge in [-0.3, -0.25) is 9.69 Å². The fourth-order valence-electron chi connectivity index (χ4n) is 4.19. The second-order valence-corrected chi connectivity index (χ2v) is 8.82. The van der Waals surface area contributed by atoms with Gasteiger partial charge in [0.25, 0.3) is 5.91 Å². The van der Waals surface area contributed by atoms with Crippen LogP contribution in [0.3, 0.4) is 0 Å². The molecule has 27 heavy (non-hydrogen) atoms. The zero-order valence-electron chi connectivity index (χ0n) is 15.9. The smallest absolute Gasteiger partial charge is 0.264 e. The Bertz CT molecular complexity index is 887. The fourth-order valence-corrected chi connectivity index (χ4v) is 5.43. The number of carbonyl (C=O) groups is 1. The van der Waals surface area contributed by atoms with Gasteiger partial charge in [0.1, 0.15) is 6.04 Å². The van der Waals surface area contributed by atoms with Crippen molar-refractivity contribution in [3.8, 4) is 16.5 Å². The van der Waals surface area contributed by atoms with Crippen LogP contribution >= 0.6 is 11.3 Å². The number of hydrogen-bond donors (Lipinski definition) is 0. The Balaban J connectivity index is 1.48. The number of fused-ring (bicyclic) bond motifs is 3. The van der Waals surface area contributed by atoms with Crippen LogP contribution in [0, 0.1) is 17.2 Å². The summed E-state index contributed by atoms with van der Waals surface area (Å²) in [6.45, 7) is 7.11. The largest absolute Gasteiger partial charge is 0.335 e. The Hall–Kier alpha value is -2.16. The quantitative estimate of drug-likeness (QED) is 0.814. The third-order valence-electron chi connectivity index (χ3n) is 5.70. The molecule has 4 nitrogen and oxygen atoms in total. The van der Waals surface area contributed by atoms with Crippen molar-refractivity contribution in [3.05, 3.63) is 46.3 Å². The zero-order valence-corrected chi connectivity index (χ0v) is 16.8. The number of hydrogen-bond acceptors (Lipinski definition) is 4. The maximum absolute atomic E-state index is 13.1. The molecule has 4 rings (SSSR count). The SMILES string of the molecule is CC(C)C(C#N)N1CCN(C(=O)c2cc3c(s2)-c2ccccc2CC3)CC1. The van der Waals surface area contributed by atoms with E-state index in [1.165, 1.54) is 21.6 Å². The Labute approximate surface area is 165 Å². The highest BCUT2D eigenvalue weighted by Gasteiger charge is 2.29. The molecule has 1 amide bonds. The van der Waals surface area contributed by atoms with Crippen LogP contribution in [-0.4, -0.2) is 47.9 Å². The van der Waals surface area contributed by atoms with Gasteiger partial charge in [0.15, 0.2) is 0 Å². The lowest BCUT2D eigenvalue weighted by atomic mass is 9.91. The maximum atomic E-state index is 13.1. The van der Waals surface area contributed by atoms with Gasteiger partial charge in [-0.05, 0) is 41.5 Å². The van der Waals surface area contributed by atoms with Gasteiger partial charge in [-0.25, -0.2) is 0 Å². The molecule has 0 spiro atoms. The number of piperazine rings is 1. The predicted molar refractivity (Wildman–Crippen MR) is 109 cm³/mol. The monoisotopic (exact) mass is 379 g/mol. The second-order valence-electron chi connectivity index (χ2n) is 7.77. The topological polar surface area (TPSA) is 47.3 Å². The first-order chi connectivity index (χ1) is 13.1. The molecule has 0 N–H and O–H groups in total. The molecule has 2 heterocycles. The summed E-state index contributed by atoms with van der Waals surface area (Å²) in [5.74, 6) is 0.450. The van der Waals surface area contributed by atoms with Crippen molar-refractivity contribution in [2.24, 2.45) is 5.92 Å². The Morgan fingerprint density at radius 1 is 1.11 bits per heavy atom. The van der Waals surface area contributed by atoms with E-state index in [2.05, 4.69) is 55.1 Å². The molecule has 1 atom stereocenters. The summed E-state index contributed by atoms with van der Waals surface area (Å²) in [4.78, 5) is 19.3. The second kappa shape index (κ2) is 7.46. The van der Waals surface area contributed by atoms with Crippen LogP contribution in [0.4, 0.5) is 0 Å². The van der Waals surface area contributed by atoms with Gasteiger partial charge in [-0.1, -0.05) is 38.1 Å². The summed E-state index contributed by atoms with van der Waals surface area (Å²) in [5, 5.41) is 9.40. The molecule has 1 saturated heterocycles. The molecule has 0 saturated carbocycles. The van der Waals surface area contributed by atoms with E-state index in [0.717, 1.165) is 30.8 Å². The van der Waals surface area contributed by atoms with E-state index >= 15 is 0 Å². The number of amides is 1. The van der Waals surface area contributed by atoms with Crippen molar-refractivity contribution >= 4 is 17.2 Å². The molecule has 0 radical (unpaired) electrons. The summed E-state index contributed by atoms with van der Waals surface area (Å²) >= 11 is 1.64. The van der Waals surface area contributed by atoms with Crippen molar-refractivity contribution in [2.45, 2.75) is 32.7 Å². The third kappa shape index (κ3) is 3.40. The van der Waals surface area contributed by atoms with Crippen LogP contribution in [0.25, 0.3) is 10.4 Å². The minimum absolute atomic E-state index is 0.0622. The highest BCUT2D eigenvalue weighted by molar-refractivity contribution is 7.17. The Morgan fingerprint density at radius 3 is 2.52 bits per heavy atom. The van der Waals surface area contributed by atoms with Crippen molar-refractivity contribution in [1.82, 2.24) is 9.80 Å². The van der Waals surface area contributed by atoms with Gasteiger partial charge < -0.3 is 4.90 Å². The van der Waals surface area contributed by atoms with Crippen molar-refractivity contribution in [1.29, 1.82) is 5.26 Å². The van der Waals surface area contributed by atoms with Crippen LogP contribution in [0.5, 0.6) is 0 Å². The first kappa shape index (κ1) is 18.2. The Kier molecular flexibility index (Phi) is 5.03. The first-order valence-corrected chi connectivity index (χ1v) is 10.5. The predicted octanol–water partition coefficient (Wildman–Crippen LogP) is 3.82. The van der Waals surface area contributed by atoms with E-state index in [1.54, 1.807) is 11.3 Å². The normalized spacial score (nSPS) is 17.9. The molecular formula is C22H25N3OS. The van der Waals surface area contributed by atoms with Crippen molar-refractivity contribution in [2.75, 3.05) is 26.2 Å². The van der Waals surface area contributed by atoms with Crippen LogP contribution < -0.4 is 0 Å². The average molecular weight is 380 g/mol. The molecule has 1 aromatic heterocycles. The molecule has 1 aromatic carbocycles. The third-order valence-corrected chi connectivity index (χ3v) is 6.90. The van der Waals surface area contributed by atoms with Gasteiger partial charge in [-0.2, -0.15) is 5.26 Å². The van der Waals surface area contributed by atoms with Gasteiger partial charge >= 0.3 is 0 Å². The summed E-state index contributed by atoms with van der Waals surface area (Å²) in [6, 6.07) is 13.0. The number of thiophene rings is 1. The fraction of sp³-hybridized carbons (Fsp3) is 0.455. The lowest BCUT2D eigenvalue weighted by molar-refractivity contribution is 0.0581. The molecule has 1 fully saturated rings. The number of nitriles is 1. The molecule has 0 bridgehead atoms. The standard InChI is InChI=1S/C22H25N3OS/c1-15(2)19(14-23)24-9-11-25(12-10-24)22(26)20-13-17-8-7-16-5-3-4-6-18(16)21(17)27-20/h3-6,13,15,19H,7-12H2,1-2H3. The van der Waals surface area contributed by atoms with Gasteiger partial charge in [0, 0.05) is 31.1 Å². The highest BCUT2D eigenvalue weighted by Crippen LogP contribution is 2.39. The molecule has 140 valence electrons. The summed E-state index contributed by atoms with van der Waals surface area (Å²) in [5.41, 5.74) is 3.99. The van der Waals surface area contributed by atoms with Crippen LogP contribution in [0.15, 0.2) is 30.3 Å². The van der Waals surface area contributed by atoms with E-state index in [0.29, 0.717) is 19.0 Å². The lowest BCUT2D eigenvalue weighted by Crippen LogP contribution is -2.52. The summed E-state index contributed by atoms with van der Waals surface area (Å²) in [7, 11) is 0. The summed E-state index contributed by atoms with van der Waals surface area (Å²) < 4.78 is 0. The van der Waals surface area contributed by atoms with Gasteiger partial charge in [-0.15, -0.1) is 11.3 Å². The molecule has 5 heteroatoms. The minimum atomic E-state index is -0.0622. The number of rotatable bonds is 3. The zero-order chi connectivity index (χ0) is 19.0. The van der Waals surface area contributed by atoms with Crippen LogP contribution in [0.2, 0.25) is 0 Å². The molecule has 2 aliphatic rings. The number of carbonyl (C=O) groups excluding carboxylic acids is 1. The van der Waals surface area contributed by atoms with Gasteiger partial charge in [0.05, 0.1) is 10.9 Å². The lowest BCUT2D eigenvalue weighted by Gasteiger charge is -2.38. The first-order valence-electron chi connectivity index (χ1n) is 9.72. The highest BCUT2D eigenvalue weighted by atomic mass is 32.1. The summed E-state index contributed by atoms with van der Waals surface area (Å²) in [6.07, 6.45) is 2.07. The van der Waals surface area contributed by atoms with Crippen LogP contribution in [-0.2, 0) is 12.8 Å². The number of aryl methyl sites for hydroxylation is 2. The molecule has 1 aliphatic carbocycles. The average Bonchev–Trinajstić information content (AvgIpc) is 3.13. The van der Waals surface area contributed by atoms with Gasteiger partial charge in [0.2, 0.25) is 0 Å². The molecule has 2 aromatic rings. The van der Waals surface area contributed by atoms with E-state index in [4.69, 9.17) is 0 Å². The van der Waals surface area contributed by atoms with E-state index in [9.17, 15) is 10.1 Å². The van der Waals surface area contributed by atoms with E-state index in [1.807, 2.05) is 4.90 Å². The number of benzene rings is 1. The van der Waals surface area contributed by atoms with Crippen LogP contribution in [0.1, 0.15) is 34.6 Å². The Morgan fingerprint density at radius 2 is 1.81 bits per heavy atom. The van der Waals surface area contributed by atoms with E-state index in [-0.39, 0.29) is 11.9 Å². The minimum Gasteiger partial charge on any atom is -0.335 e. The molecular weight excluding hydrogens is 354 g/mol. The van der Waals surface area contributed by atoms with Crippen molar-refractivity contribution < 1.29 is 4.79 Å². The molecule has 1 unspecified atom stereocenters. The van der Waals surface area contributed by atoms with E-state index < -0.39 is 0 Å². The molecule has 1 aliphatic heterocycles. The number of nitrogens with zero attached hydrogens (tertiary/aromatic N) is 3. The maximum Gasteiger partial charge on any atom is 0.264 e.